The van der Waals surface area contributed by atoms with Crippen LogP contribution in [0, 0.1) is 5.41 Å². The third kappa shape index (κ3) is 1.57. The molecule has 2 heterocycles. The quantitative estimate of drug-likeness (QED) is 0.868. The average molecular weight is 274 g/mol. The van der Waals surface area contributed by atoms with Crippen LogP contribution in [-0.2, 0) is 5.79 Å². The van der Waals surface area contributed by atoms with Gasteiger partial charge >= 0.3 is 0 Å². The van der Waals surface area contributed by atoms with Crippen molar-refractivity contribution < 1.29 is 14.6 Å². The van der Waals surface area contributed by atoms with Crippen molar-refractivity contribution in [1.82, 2.24) is 0 Å². The Labute approximate surface area is 115 Å². The zero-order valence-corrected chi connectivity index (χ0v) is 11.5. The summed E-state index contributed by atoms with van der Waals surface area (Å²) in [5, 5.41) is 12.8. The van der Waals surface area contributed by atoms with Crippen LogP contribution in [0.1, 0.15) is 29.1 Å². The molecule has 1 aliphatic rings. The van der Waals surface area contributed by atoms with Crippen molar-refractivity contribution >= 4 is 17.1 Å². The van der Waals surface area contributed by atoms with Crippen molar-refractivity contribution in [3.05, 3.63) is 52.2 Å². The minimum atomic E-state index is -1.62. The Balaban J connectivity index is 2.22. The first-order valence-electron chi connectivity index (χ1n) is 6.06. The van der Waals surface area contributed by atoms with Gasteiger partial charge in [0.05, 0.1) is 15.9 Å². The summed E-state index contributed by atoms with van der Waals surface area (Å²) < 4.78 is 5.79. The number of carbonyl (C=O) groups is 1. The molecule has 1 aromatic heterocycles. The number of Topliss-reactive ketones (excluding diaryl/α,β-unsaturated/α-hetero) is 1. The molecule has 1 unspecified atom stereocenters. The number of ketones is 1. The number of thiophene rings is 1. The van der Waals surface area contributed by atoms with Crippen LogP contribution in [0.25, 0.3) is 0 Å². The van der Waals surface area contributed by atoms with E-state index in [-0.39, 0.29) is 5.78 Å². The molecule has 0 saturated heterocycles. The van der Waals surface area contributed by atoms with Crippen LogP contribution in [-0.4, -0.2) is 10.9 Å². The van der Waals surface area contributed by atoms with Crippen LogP contribution < -0.4 is 4.74 Å². The van der Waals surface area contributed by atoms with Crippen LogP contribution >= 0.6 is 11.3 Å². The van der Waals surface area contributed by atoms with Gasteiger partial charge in [0.1, 0.15) is 5.75 Å². The lowest BCUT2D eigenvalue weighted by Crippen LogP contribution is -2.53. The van der Waals surface area contributed by atoms with Gasteiger partial charge in [-0.15, -0.1) is 11.3 Å². The van der Waals surface area contributed by atoms with Gasteiger partial charge in [0.2, 0.25) is 0 Å². The van der Waals surface area contributed by atoms with E-state index in [1.165, 1.54) is 11.3 Å². The third-order valence-electron chi connectivity index (χ3n) is 3.66. The summed E-state index contributed by atoms with van der Waals surface area (Å²) in [5.41, 5.74) is -0.514. The summed E-state index contributed by atoms with van der Waals surface area (Å²) in [5.74, 6) is -1.29. The van der Waals surface area contributed by atoms with Gasteiger partial charge < -0.3 is 9.84 Å². The van der Waals surface area contributed by atoms with Crippen molar-refractivity contribution in [3.63, 3.8) is 0 Å². The lowest BCUT2D eigenvalue weighted by molar-refractivity contribution is -0.207. The number of hydrogen-bond acceptors (Lipinski definition) is 4. The summed E-state index contributed by atoms with van der Waals surface area (Å²) in [6, 6.07) is 10.6. The largest absolute Gasteiger partial charge is 0.455 e. The maximum Gasteiger partial charge on any atom is 0.256 e. The molecule has 98 valence electrons. The Morgan fingerprint density at radius 2 is 1.89 bits per heavy atom. The van der Waals surface area contributed by atoms with Crippen molar-refractivity contribution in [2.24, 2.45) is 5.41 Å². The molecule has 0 amide bonds. The molecule has 0 aliphatic carbocycles. The van der Waals surface area contributed by atoms with Gasteiger partial charge in [-0.05, 0) is 37.4 Å². The van der Waals surface area contributed by atoms with E-state index in [0.29, 0.717) is 16.2 Å². The topological polar surface area (TPSA) is 46.5 Å². The molecule has 3 nitrogen and oxygen atoms in total. The highest BCUT2D eigenvalue weighted by Gasteiger charge is 2.56. The zero-order chi connectivity index (χ0) is 13.7. The minimum Gasteiger partial charge on any atom is -0.455 e. The SMILES string of the molecule is CC1(C)C(=O)c2ccccc2OC1(O)c1cccs1. The first kappa shape index (κ1) is 12.4. The monoisotopic (exact) mass is 274 g/mol. The van der Waals surface area contributed by atoms with Crippen LogP contribution in [0.3, 0.4) is 0 Å². The Kier molecular flexibility index (Phi) is 2.56. The number of aliphatic hydroxyl groups is 1. The molecule has 3 rings (SSSR count). The van der Waals surface area contributed by atoms with Gasteiger partial charge in [-0.25, -0.2) is 0 Å². The number of rotatable bonds is 1. The second-order valence-electron chi connectivity index (χ2n) is 5.17. The van der Waals surface area contributed by atoms with Crippen molar-refractivity contribution in [2.75, 3.05) is 0 Å². The number of fused-ring (bicyclic) bond motifs is 1. The summed E-state index contributed by atoms with van der Waals surface area (Å²) >= 11 is 1.38. The highest BCUT2D eigenvalue weighted by Crippen LogP contribution is 2.49. The van der Waals surface area contributed by atoms with E-state index in [1.54, 1.807) is 44.2 Å². The predicted molar refractivity (Wildman–Crippen MR) is 73.4 cm³/mol. The molecule has 4 heteroatoms. The van der Waals surface area contributed by atoms with Crippen LogP contribution in [0.2, 0.25) is 0 Å². The Hall–Kier alpha value is -1.65. The number of benzene rings is 1. The van der Waals surface area contributed by atoms with E-state index in [0.717, 1.165) is 0 Å². The van der Waals surface area contributed by atoms with Gasteiger partial charge in [0.15, 0.2) is 5.78 Å². The van der Waals surface area contributed by atoms with E-state index in [1.807, 2.05) is 11.4 Å². The van der Waals surface area contributed by atoms with Gasteiger partial charge in [0.25, 0.3) is 5.79 Å². The average Bonchev–Trinajstić information content (AvgIpc) is 2.91. The van der Waals surface area contributed by atoms with Gasteiger partial charge in [0, 0.05) is 0 Å². The van der Waals surface area contributed by atoms with Crippen LogP contribution in [0.5, 0.6) is 5.75 Å². The maximum atomic E-state index is 12.6. The molecule has 19 heavy (non-hydrogen) atoms. The summed E-state index contributed by atoms with van der Waals surface area (Å²) in [4.78, 5) is 13.3. The number of ether oxygens (including phenoxy) is 1. The van der Waals surface area contributed by atoms with E-state index in [2.05, 4.69) is 0 Å². The Bertz CT molecular complexity index is 631. The van der Waals surface area contributed by atoms with Gasteiger partial charge in [-0.1, -0.05) is 18.2 Å². The van der Waals surface area contributed by atoms with Crippen molar-refractivity contribution in [3.8, 4) is 5.75 Å². The predicted octanol–water partition coefficient (Wildman–Crippen LogP) is 3.19. The fourth-order valence-electron chi connectivity index (χ4n) is 2.35. The maximum absolute atomic E-state index is 12.6. The molecule has 0 fully saturated rings. The third-order valence-corrected chi connectivity index (χ3v) is 4.62. The molecule has 0 radical (unpaired) electrons. The number of para-hydroxylation sites is 1. The van der Waals surface area contributed by atoms with Gasteiger partial charge in [-0.2, -0.15) is 0 Å². The number of carbonyl (C=O) groups excluding carboxylic acids is 1. The van der Waals surface area contributed by atoms with E-state index >= 15 is 0 Å². The second kappa shape index (κ2) is 3.92. The molecule has 1 aromatic carbocycles. The fraction of sp³-hybridized carbons (Fsp3) is 0.267. The standard InChI is InChI=1S/C15H14O3S/c1-14(2)13(16)10-6-3-4-7-11(10)18-15(14,17)12-8-5-9-19-12/h3-9,17H,1-2H3. The Morgan fingerprint density at radius 3 is 2.58 bits per heavy atom. The molecular weight excluding hydrogens is 260 g/mol. The molecular formula is C15H14O3S. The van der Waals surface area contributed by atoms with Gasteiger partial charge in [-0.3, -0.25) is 4.79 Å². The second-order valence-corrected chi connectivity index (χ2v) is 6.12. The van der Waals surface area contributed by atoms with Crippen molar-refractivity contribution in [1.29, 1.82) is 0 Å². The molecule has 0 spiro atoms. The van der Waals surface area contributed by atoms with E-state index in [9.17, 15) is 9.90 Å². The highest BCUT2D eigenvalue weighted by molar-refractivity contribution is 7.10. The lowest BCUT2D eigenvalue weighted by atomic mass is 9.74. The molecule has 1 atom stereocenters. The zero-order valence-electron chi connectivity index (χ0n) is 10.7. The number of hydrogen-bond donors (Lipinski definition) is 1. The Morgan fingerprint density at radius 1 is 1.16 bits per heavy atom. The lowest BCUT2D eigenvalue weighted by Gasteiger charge is -2.44. The first-order chi connectivity index (χ1) is 8.97. The van der Waals surface area contributed by atoms with Crippen LogP contribution in [0.4, 0.5) is 0 Å². The highest BCUT2D eigenvalue weighted by atomic mass is 32.1. The van der Waals surface area contributed by atoms with E-state index < -0.39 is 11.2 Å². The molecule has 2 aromatic rings. The molecule has 1 aliphatic heterocycles. The van der Waals surface area contributed by atoms with Crippen LogP contribution in [0.15, 0.2) is 41.8 Å². The summed E-state index contributed by atoms with van der Waals surface area (Å²) in [6.07, 6.45) is 0. The molecule has 1 N–H and O–H groups in total. The van der Waals surface area contributed by atoms with Crippen molar-refractivity contribution in [2.45, 2.75) is 19.6 Å². The minimum absolute atomic E-state index is 0.106. The summed E-state index contributed by atoms with van der Waals surface area (Å²) in [7, 11) is 0. The fourth-order valence-corrected chi connectivity index (χ4v) is 3.27. The molecule has 0 saturated carbocycles. The normalized spacial score (nSPS) is 24.7. The summed E-state index contributed by atoms with van der Waals surface area (Å²) in [6.45, 7) is 3.43. The van der Waals surface area contributed by atoms with E-state index in [4.69, 9.17) is 4.74 Å². The molecule has 0 bridgehead atoms. The first-order valence-corrected chi connectivity index (χ1v) is 6.94. The smallest absolute Gasteiger partial charge is 0.256 e.